The van der Waals surface area contributed by atoms with Crippen LogP contribution in [0.15, 0.2) is 66.7 Å². The smallest absolute Gasteiger partial charge is 0.408 e. The molecule has 1 aliphatic carbocycles. The van der Waals surface area contributed by atoms with Gasteiger partial charge in [-0.15, -0.1) is 0 Å². The molecule has 0 bridgehead atoms. The molecule has 3 amide bonds. The molecule has 0 heterocycles. The number of carbonyl (C=O) groups is 3. The minimum Gasteiger partial charge on any atom is -0.444 e. The molecule has 1 saturated carbocycles. The first-order valence-corrected chi connectivity index (χ1v) is 14.7. The van der Waals surface area contributed by atoms with Crippen LogP contribution in [0.25, 0.3) is 0 Å². The standard InChI is InChI=1S/C34H40ClN3O4/c1-21-12-10-13-22(2)28(21)30(31(39)37-29-23(3)14-11-17-26(29)35)38(25-18-19-25)32(40)27(20-24-15-8-7-9-16-24)36-33(41)42-34(4,5)6/h7-17,25,27,30H,18-20H2,1-6H3,(H,36,41)(H,37,39). The van der Waals surface area contributed by atoms with Crippen LogP contribution in [0, 0.1) is 20.8 Å². The van der Waals surface area contributed by atoms with Crippen molar-refractivity contribution in [3.63, 3.8) is 0 Å². The number of ether oxygens (including phenoxy) is 1. The Morgan fingerprint density at radius 1 is 0.905 bits per heavy atom. The number of rotatable bonds is 9. The van der Waals surface area contributed by atoms with E-state index in [1.54, 1.807) is 31.7 Å². The monoisotopic (exact) mass is 589 g/mol. The van der Waals surface area contributed by atoms with E-state index >= 15 is 0 Å². The Labute approximate surface area is 253 Å². The number of hydrogen-bond acceptors (Lipinski definition) is 4. The summed E-state index contributed by atoms with van der Waals surface area (Å²) in [5, 5.41) is 6.27. The van der Waals surface area contributed by atoms with Crippen molar-refractivity contribution in [2.75, 3.05) is 5.32 Å². The number of nitrogens with one attached hydrogen (secondary N) is 2. The predicted octanol–water partition coefficient (Wildman–Crippen LogP) is 7.07. The second kappa shape index (κ2) is 13.0. The summed E-state index contributed by atoms with van der Waals surface area (Å²) in [6.07, 6.45) is 1.08. The molecule has 1 aliphatic rings. The summed E-state index contributed by atoms with van der Waals surface area (Å²) in [5.41, 5.74) is 4.01. The summed E-state index contributed by atoms with van der Waals surface area (Å²) >= 11 is 6.50. The van der Waals surface area contributed by atoms with Crippen LogP contribution >= 0.6 is 11.6 Å². The first-order chi connectivity index (χ1) is 19.9. The molecule has 2 atom stereocenters. The maximum absolute atomic E-state index is 14.6. The normalized spacial score (nSPS) is 14.5. The number of amides is 3. The van der Waals surface area contributed by atoms with Gasteiger partial charge < -0.3 is 20.3 Å². The van der Waals surface area contributed by atoms with Crippen molar-refractivity contribution in [2.45, 2.75) is 84.5 Å². The van der Waals surface area contributed by atoms with E-state index in [2.05, 4.69) is 10.6 Å². The summed E-state index contributed by atoms with van der Waals surface area (Å²) in [5.74, 6) is -0.703. The Kier molecular flexibility index (Phi) is 9.62. The number of benzene rings is 3. The lowest BCUT2D eigenvalue weighted by Gasteiger charge is -2.36. The Morgan fingerprint density at radius 2 is 1.50 bits per heavy atom. The van der Waals surface area contributed by atoms with Crippen molar-refractivity contribution in [2.24, 2.45) is 0 Å². The number of nitrogens with zero attached hydrogens (tertiary/aromatic N) is 1. The van der Waals surface area contributed by atoms with Crippen LogP contribution in [0.1, 0.15) is 67.5 Å². The molecular formula is C34H40ClN3O4. The summed E-state index contributed by atoms with van der Waals surface area (Å²) in [7, 11) is 0. The van der Waals surface area contributed by atoms with Gasteiger partial charge in [-0.05, 0) is 88.3 Å². The van der Waals surface area contributed by atoms with E-state index in [1.165, 1.54) is 0 Å². The second-order valence-electron chi connectivity index (χ2n) is 12.0. The number of para-hydroxylation sites is 1. The van der Waals surface area contributed by atoms with E-state index in [-0.39, 0.29) is 24.3 Å². The van der Waals surface area contributed by atoms with Crippen molar-refractivity contribution in [3.05, 3.63) is 99.6 Å². The van der Waals surface area contributed by atoms with Crippen LogP contribution in [-0.2, 0) is 20.7 Å². The lowest BCUT2D eigenvalue weighted by atomic mass is 9.93. The van der Waals surface area contributed by atoms with Crippen LogP contribution in [0.5, 0.6) is 0 Å². The fraction of sp³-hybridized carbons (Fsp3) is 0.382. The van der Waals surface area contributed by atoms with Gasteiger partial charge in [-0.3, -0.25) is 9.59 Å². The third-order valence-electron chi connectivity index (χ3n) is 7.28. The quantitative estimate of drug-likeness (QED) is 0.279. The van der Waals surface area contributed by atoms with Crippen LogP contribution in [0.2, 0.25) is 5.02 Å². The van der Waals surface area contributed by atoms with Gasteiger partial charge >= 0.3 is 6.09 Å². The van der Waals surface area contributed by atoms with Gasteiger partial charge in [0.1, 0.15) is 17.7 Å². The number of hydrogen-bond donors (Lipinski definition) is 2. The maximum Gasteiger partial charge on any atom is 0.408 e. The van der Waals surface area contributed by atoms with E-state index < -0.39 is 23.8 Å². The molecule has 0 spiro atoms. The van der Waals surface area contributed by atoms with Crippen molar-refractivity contribution >= 4 is 35.2 Å². The Hall–Kier alpha value is -3.84. The molecule has 1 fully saturated rings. The van der Waals surface area contributed by atoms with Gasteiger partial charge in [0.25, 0.3) is 5.91 Å². The van der Waals surface area contributed by atoms with Gasteiger partial charge in [0.15, 0.2) is 0 Å². The van der Waals surface area contributed by atoms with Gasteiger partial charge in [-0.25, -0.2) is 4.79 Å². The van der Waals surface area contributed by atoms with E-state index in [0.29, 0.717) is 10.7 Å². The third-order valence-corrected chi connectivity index (χ3v) is 7.59. The first-order valence-electron chi connectivity index (χ1n) is 14.3. The van der Waals surface area contributed by atoms with Crippen LogP contribution in [-0.4, -0.2) is 40.5 Å². The minimum atomic E-state index is -0.954. The van der Waals surface area contributed by atoms with Gasteiger partial charge in [0, 0.05) is 12.5 Å². The zero-order valence-corrected chi connectivity index (χ0v) is 25.9. The number of aryl methyl sites for hydroxylation is 3. The molecule has 7 nitrogen and oxygen atoms in total. The van der Waals surface area contributed by atoms with Crippen molar-refractivity contribution in [1.82, 2.24) is 10.2 Å². The van der Waals surface area contributed by atoms with E-state index in [4.69, 9.17) is 16.3 Å². The average Bonchev–Trinajstić information content (AvgIpc) is 3.74. The van der Waals surface area contributed by atoms with Crippen LogP contribution in [0.3, 0.4) is 0 Å². The molecule has 0 aliphatic heterocycles. The number of anilines is 1. The third kappa shape index (κ3) is 7.71. The SMILES string of the molecule is Cc1cccc(Cl)c1NC(=O)C(c1c(C)cccc1C)N(C(=O)C(Cc1ccccc1)NC(=O)OC(C)(C)C)C1CC1. The number of alkyl carbamates (subject to hydrolysis) is 1. The van der Waals surface area contributed by atoms with Gasteiger partial charge in [-0.2, -0.15) is 0 Å². The molecule has 0 saturated heterocycles. The maximum atomic E-state index is 14.6. The fourth-order valence-corrected chi connectivity index (χ4v) is 5.46. The molecular weight excluding hydrogens is 550 g/mol. The molecule has 8 heteroatoms. The highest BCUT2D eigenvalue weighted by Crippen LogP contribution is 2.39. The average molecular weight is 590 g/mol. The summed E-state index contributed by atoms with van der Waals surface area (Å²) in [6.45, 7) is 11.1. The largest absolute Gasteiger partial charge is 0.444 e. The molecule has 42 heavy (non-hydrogen) atoms. The highest BCUT2D eigenvalue weighted by atomic mass is 35.5. The summed E-state index contributed by atoms with van der Waals surface area (Å²) in [4.78, 5) is 43.6. The van der Waals surface area contributed by atoms with E-state index in [9.17, 15) is 14.4 Å². The summed E-state index contributed by atoms with van der Waals surface area (Å²) < 4.78 is 5.53. The van der Waals surface area contributed by atoms with Gasteiger partial charge in [0.2, 0.25) is 5.91 Å². The lowest BCUT2D eigenvalue weighted by molar-refractivity contribution is -0.141. The molecule has 4 rings (SSSR count). The molecule has 3 aromatic rings. The minimum absolute atomic E-state index is 0.154. The van der Waals surface area contributed by atoms with Crippen molar-refractivity contribution in [1.29, 1.82) is 0 Å². The Balaban J connectivity index is 1.78. The molecule has 2 N–H and O–H groups in total. The highest BCUT2D eigenvalue weighted by molar-refractivity contribution is 6.34. The molecule has 0 radical (unpaired) electrons. The van der Waals surface area contributed by atoms with Crippen LogP contribution < -0.4 is 10.6 Å². The zero-order chi connectivity index (χ0) is 30.6. The summed E-state index contributed by atoms with van der Waals surface area (Å²) in [6, 6.07) is 18.7. The zero-order valence-electron chi connectivity index (χ0n) is 25.2. The first kappa shape index (κ1) is 31.1. The number of carbonyl (C=O) groups excluding carboxylic acids is 3. The topological polar surface area (TPSA) is 87.7 Å². The highest BCUT2D eigenvalue weighted by Gasteiger charge is 2.45. The molecule has 2 unspecified atom stereocenters. The van der Waals surface area contributed by atoms with Gasteiger partial charge in [-0.1, -0.05) is 72.3 Å². The van der Waals surface area contributed by atoms with E-state index in [1.807, 2.05) is 81.4 Å². The Bertz CT molecular complexity index is 1410. The second-order valence-corrected chi connectivity index (χ2v) is 12.4. The van der Waals surface area contributed by atoms with E-state index in [0.717, 1.165) is 40.7 Å². The fourth-order valence-electron chi connectivity index (χ4n) is 5.19. The van der Waals surface area contributed by atoms with Crippen LogP contribution in [0.4, 0.5) is 10.5 Å². The van der Waals surface area contributed by atoms with Crippen molar-refractivity contribution in [3.8, 4) is 0 Å². The van der Waals surface area contributed by atoms with Crippen molar-refractivity contribution < 1.29 is 19.1 Å². The van der Waals surface area contributed by atoms with Gasteiger partial charge in [0.05, 0.1) is 10.7 Å². The predicted molar refractivity (Wildman–Crippen MR) is 167 cm³/mol. The Morgan fingerprint density at radius 3 is 2.07 bits per heavy atom. The molecule has 3 aromatic carbocycles. The molecule has 222 valence electrons. The molecule has 0 aromatic heterocycles. The lowest BCUT2D eigenvalue weighted by Crippen LogP contribution is -2.54. The number of halogens is 1.